The number of guanidine groups is 1. The summed E-state index contributed by atoms with van der Waals surface area (Å²) < 4.78 is 5.09. The maximum absolute atomic E-state index is 5.09. The summed E-state index contributed by atoms with van der Waals surface area (Å²) >= 11 is 0. The second-order valence-corrected chi connectivity index (χ2v) is 5.89. The molecule has 5 nitrogen and oxygen atoms in total. The lowest BCUT2D eigenvalue weighted by atomic mass is 10.1. The number of nitrogens with one attached hydrogen (secondary N) is 2. The van der Waals surface area contributed by atoms with E-state index in [1.807, 2.05) is 0 Å². The Morgan fingerprint density at radius 1 is 1.12 bits per heavy atom. The van der Waals surface area contributed by atoms with Gasteiger partial charge in [-0.05, 0) is 37.9 Å². The van der Waals surface area contributed by atoms with Crippen LogP contribution in [0.3, 0.4) is 0 Å². The van der Waals surface area contributed by atoms with Gasteiger partial charge in [0.25, 0.3) is 0 Å². The molecule has 6 heteroatoms. The van der Waals surface area contributed by atoms with Gasteiger partial charge in [0.1, 0.15) is 0 Å². The number of benzene rings is 1. The normalized spacial score (nSPS) is 11.3. The Morgan fingerprint density at radius 3 is 2.48 bits per heavy atom. The summed E-state index contributed by atoms with van der Waals surface area (Å²) in [4.78, 5) is 7.03. The molecule has 0 bridgehead atoms. The van der Waals surface area contributed by atoms with Crippen molar-refractivity contribution < 1.29 is 4.74 Å². The van der Waals surface area contributed by atoms with Crippen molar-refractivity contribution in [2.45, 2.75) is 33.2 Å². The Morgan fingerprint density at radius 2 is 1.84 bits per heavy atom. The van der Waals surface area contributed by atoms with Gasteiger partial charge in [-0.2, -0.15) is 0 Å². The first-order valence-corrected chi connectivity index (χ1v) is 8.97. The largest absolute Gasteiger partial charge is 0.385 e. The molecule has 0 aromatic heterocycles. The summed E-state index contributed by atoms with van der Waals surface area (Å²) in [7, 11) is 3.89. The van der Waals surface area contributed by atoms with Crippen LogP contribution in [0.15, 0.2) is 29.3 Å². The zero-order valence-electron chi connectivity index (χ0n) is 16.2. The molecule has 0 aliphatic rings. The maximum Gasteiger partial charge on any atom is 0.191 e. The van der Waals surface area contributed by atoms with E-state index in [9.17, 15) is 0 Å². The van der Waals surface area contributed by atoms with Crippen molar-refractivity contribution in [1.82, 2.24) is 15.5 Å². The number of nitrogens with zero attached hydrogens (tertiary/aromatic N) is 2. The van der Waals surface area contributed by atoms with Gasteiger partial charge in [-0.15, -0.1) is 24.0 Å². The average Bonchev–Trinajstić information content (AvgIpc) is 2.60. The lowest BCUT2D eigenvalue weighted by Crippen LogP contribution is -2.41. The van der Waals surface area contributed by atoms with Crippen LogP contribution in [0, 0.1) is 0 Å². The van der Waals surface area contributed by atoms with E-state index >= 15 is 0 Å². The minimum Gasteiger partial charge on any atom is -0.385 e. The van der Waals surface area contributed by atoms with Crippen LogP contribution in [0.5, 0.6) is 0 Å². The van der Waals surface area contributed by atoms with Gasteiger partial charge in [0.05, 0.1) is 6.54 Å². The Hall–Kier alpha value is -0.860. The van der Waals surface area contributed by atoms with E-state index in [0.29, 0.717) is 6.54 Å². The third-order valence-electron chi connectivity index (χ3n) is 3.93. The molecule has 0 aliphatic heterocycles. The number of aryl methyl sites for hydroxylation is 1. The number of halogens is 1. The first-order valence-electron chi connectivity index (χ1n) is 8.97. The zero-order valence-corrected chi connectivity index (χ0v) is 18.5. The number of hydrogen-bond donors (Lipinski definition) is 2. The van der Waals surface area contributed by atoms with Crippen molar-refractivity contribution in [1.29, 1.82) is 0 Å². The number of aliphatic imine (C=N–C) groups is 1. The Bertz CT molecular complexity index is 482. The maximum atomic E-state index is 5.09. The highest BCUT2D eigenvalue weighted by molar-refractivity contribution is 14.0. The van der Waals surface area contributed by atoms with Crippen LogP contribution in [-0.4, -0.2) is 57.8 Å². The van der Waals surface area contributed by atoms with Crippen LogP contribution in [0.4, 0.5) is 0 Å². The van der Waals surface area contributed by atoms with Crippen LogP contribution in [0.1, 0.15) is 31.4 Å². The summed E-state index contributed by atoms with van der Waals surface area (Å²) in [5.74, 6) is 0.883. The molecule has 0 spiro atoms. The van der Waals surface area contributed by atoms with E-state index in [0.717, 1.165) is 51.6 Å². The number of methoxy groups -OCH3 is 1. The van der Waals surface area contributed by atoms with Crippen molar-refractivity contribution >= 4 is 29.9 Å². The molecular formula is C19H35IN4O. The van der Waals surface area contributed by atoms with Crippen LogP contribution >= 0.6 is 24.0 Å². The van der Waals surface area contributed by atoms with E-state index in [-0.39, 0.29) is 24.0 Å². The predicted molar refractivity (Wildman–Crippen MR) is 118 cm³/mol. The van der Waals surface area contributed by atoms with Crippen LogP contribution in [-0.2, 0) is 17.7 Å². The van der Waals surface area contributed by atoms with Crippen molar-refractivity contribution in [2.24, 2.45) is 4.99 Å². The lowest BCUT2D eigenvalue weighted by molar-refractivity contribution is 0.180. The van der Waals surface area contributed by atoms with E-state index < -0.39 is 0 Å². The first kappa shape index (κ1) is 24.1. The summed E-state index contributed by atoms with van der Waals surface area (Å²) in [5.41, 5.74) is 2.67. The molecule has 0 amide bonds. The predicted octanol–water partition coefficient (Wildman–Crippen LogP) is 2.89. The van der Waals surface area contributed by atoms with Gasteiger partial charge >= 0.3 is 0 Å². The number of rotatable bonds is 11. The fourth-order valence-electron chi connectivity index (χ4n) is 2.52. The lowest BCUT2D eigenvalue weighted by Gasteiger charge is -2.18. The van der Waals surface area contributed by atoms with Gasteiger partial charge in [0.15, 0.2) is 5.96 Å². The average molecular weight is 462 g/mol. The number of hydrogen-bond acceptors (Lipinski definition) is 3. The molecule has 0 radical (unpaired) electrons. The molecule has 1 aromatic rings. The Balaban J connectivity index is 0.00000576. The molecule has 0 fully saturated rings. The molecule has 0 heterocycles. The molecule has 0 atom stereocenters. The summed E-state index contributed by atoms with van der Waals surface area (Å²) in [6.07, 6.45) is 2.11. The molecule has 1 aromatic carbocycles. The molecular weight excluding hydrogens is 427 g/mol. The summed E-state index contributed by atoms with van der Waals surface area (Å²) in [6.45, 7) is 9.59. The highest BCUT2D eigenvalue weighted by atomic mass is 127. The molecule has 0 saturated heterocycles. The quantitative estimate of drug-likeness (QED) is 0.230. The van der Waals surface area contributed by atoms with Crippen LogP contribution in [0.25, 0.3) is 0 Å². The molecule has 0 aliphatic carbocycles. The SMILES string of the molecule is CCNC(=NCc1ccccc1CC)NCCN(C)CCCOC.I. The van der Waals surface area contributed by atoms with E-state index in [2.05, 4.69) is 60.7 Å². The fourth-order valence-corrected chi connectivity index (χ4v) is 2.52. The van der Waals surface area contributed by atoms with Gasteiger partial charge in [0.2, 0.25) is 0 Å². The second kappa shape index (κ2) is 15.4. The topological polar surface area (TPSA) is 48.9 Å². The van der Waals surface area contributed by atoms with Crippen LogP contribution < -0.4 is 10.6 Å². The monoisotopic (exact) mass is 462 g/mol. The first-order chi connectivity index (χ1) is 11.7. The minimum absolute atomic E-state index is 0. The zero-order chi connectivity index (χ0) is 17.6. The van der Waals surface area contributed by atoms with Gasteiger partial charge < -0.3 is 20.3 Å². The minimum atomic E-state index is 0. The summed E-state index contributed by atoms with van der Waals surface area (Å²) in [6, 6.07) is 8.52. The highest BCUT2D eigenvalue weighted by Gasteiger charge is 2.02. The smallest absolute Gasteiger partial charge is 0.191 e. The van der Waals surface area contributed by atoms with Crippen molar-refractivity contribution in [3.63, 3.8) is 0 Å². The van der Waals surface area contributed by atoms with Crippen LogP contribution in [0.2, 0.25) is 0 Å². The fraction of sp³-hybridized carbons (Fsp3) is 0.632. The molecule has 0 unspecified atom stereocenters. The number of likely N-dealkylation sites (N-methyl/N-ethyl adjacent to an activating group) is 1. The van der Waals surface area contributed by atoms with Gasteiger partial charge in [-0.1, -0.05) is 31.2 Å². The van der Waals surface area contributed by atoms with Crippen molar-refractivity contribution in [3.8, 4) is 0 Å². The Kier molecular flexibility index (Phi) is 14.9. The Labute approximate surface area is 170 Å². The van der Waals surface area contributed by atoms with E-state index in [1.165, 1.54) is 11.1 Å². The van der Waals surface area contributed by atoms with E-state index in [4.69, 9.17) is 9.73 Å². The van der Waals surface area contributed by atoms with Gasteiger partial charge in [0, 0.05) is 39.9 Å². The summed E-state index contributed by atoms with van der Waals surface area (Å²) in [5, 5.41) is 6.73. The van der Waals surface area contributed by atoms with E-state index in [1.54, 1.807) is 7.11 Å². The molecule has 1 rings (SSSR count). The third-order valence-corrected chi connectivity index (χ3v) is 3.93. The molecule has 2 N–H and O–H groups in total. The molecule has 0 saturated carbocycles. The van der Waals surface area contributed by atoms with Crippen molar-refractivity contribution in [3.05, 3.63) is 35.4 Å². The number of ether oxygens (including phenoxy) is 1. The second-order valence-electron chi connectivity index (χ2n) is 5.89. The van der Waals surface area contributed by atoms with Crippen molar-refractivity contribution in [2.75, 3.05) is 46.9 Å². The highest BCUT2D eigenvalue weighted by Crippen LogP contribution is 2.10. The standard InChI is InChI=1S/C19H34N4O.HI/c1-5-17-10-7-8-11-18(17)16-22-19(20-6-2)21-12-14-23(3)13-9-15-24-4;/h7-8,10-11H,5-6,9,12-16H2,1-4H3,(H2,20,21,22);1H. The molecule has 25 heavy (non-hydrogen) atoms. The third kappa shape index (κ3) is 10.7. The molecule has 144 valence electrons. The van der Waals surface area contributed by atoms with Gasteiger partial charge in [-0.25, -0.2) is 4.99 Å². The van der Waals surface area contributed by atoms with Gasteiger partial charge in [-0.3, -0.25) is 0 Å².